The molecule has 1 saturated heterocycles. The first-order valence-corrected chi connectivity index (χ1v) is 9.27. The van der Waals surface area contributed by atoms with Crippen LogP contribution in [0.1, 0.15) is 31.7 Å². The summed E-state index contributed by atoms with van der Waals surface area (Å²) in [6, 6.07) is 5.76. The number of amides is 2. The maximum atomic E-state index is 12.2. The van der Waals surface area contributed by atoms with Gasteiger partial charge in [0.1, 0.15) is 0 Å². The summed E-state index contributed by atoms with van der Waals surface area (Å²) >= 11 is 6.08. The van der Waals surface area contributed by atoms with Crippen LogP contribution in [0.2, 0.25) is 5.02 Å². The highest BCUT2D eigenvalue weighted by Gasteiger charge is 2.33. The van der Waals surface area contributed by atoms with Gasteiger partial charge in [-0.25, -0.2) is 0 Å². The average Bonchev–Trinajstić information content (AvgIpc) is 3.16. The fraction of sp³-hybridized carbons (Fsp3) is 0.474. The Kier molecular flexibility index (Phi) is 5.63. The van der Waals surface area contributed by atoms with Gasteiger partial charge in [-0.05, 0) is 36.6 Å². The molecule has 6 heteroatoms. The molecule has 1 aromatic carbocycles. The third kappa shape index (κ3) is 4.15. The zero-order valence-electron chi connectivity index (χ0n) is 14.5. The highest BCUT2D eigenvalue weighted by atomic mass is 35.5. The third-order valence-corrected chi connectivity index (χ3v) is 5.03. The number of carbonyl (C=O) groups is 2. The maximum absolute atomic E-state index is 12.2. The lowest BCUT2D eigenvalue weighted by Gasteiger charge is -2.16. The van der Waals surface area contributed by atoms with Gasteiger partial charge in [-0.3, -0.25) is 9.59 Å². The van der Waals surface area contributed by atoms with Gasteiger partial charge < -0.3 is 15.2 Å². The summed E-state index contributed by atoms with van der Waals surface area (Å²) in [5.41, 5.74) is 2.18. The van der Waals surface area contributed by atoms with Crippen molar-refractivity contribution in [3.63, 3.8) is 0 Å². The summed E-state index contributed by atoms with van der Waals surface area (Å²) in [5, 5.41) is 4.72. The third-order valence-electron chi connectivity index (χ3n) is 4.80. The van der Waals surface area contributed by atoms with Crippen LogP contribution in [0, 0.1) is 5.92 Å². The van der Waals surface area contributed by atoms with E-state index in [1.165, 1.54) is 0 Å². The molecule has 0 aliphatic carbocycles. The van der Waals surface area contributed by atoms with E-state index in [0.29, 0.717) is 31.1 Å². The normalized spacial score (nSPS) is 17.4. The molecule has 3 rings (SSSR count). The SMILES string of the molecule is CCCCNC(=O)C1CC(=O)N(CCc2c[nH]c3ccc(Cl)cc23)C1. The molecule has 0 saturated carbocycles. The first-order chi connectivity index (χ1) is 12.1. The number of aromatic amines is 1. The van der Waals surface area contributed by atoms with Gasteiger partial charge in [-0.15, -0.1) is 0 Å². The van der Waals surface area contributed by atoms with Crippen LogP contribution < -0.4 is 5.32 Å². The van der Waals surface area contributed by atoms with Crippen LogP contribution in [0.25, 0.3) is 10.9 Å². The molecule has 2 aromatic rings. The zero-order valence-corrected chi connectivity index (χ0v) is 15.2. The second kappa shape index (κ2) is 7.91. The fourth-order valence-corrected chi connectivity index (χ4v) is 3.48. The molecule has 1 atom stereocenters. The summed E-state index contributed by atoms with van der Waals surface area (Å²) in [4.78, 5) is 29.4. The zero-order chi connectivity index (χ0) is 17.8. The van der Waals surface area contributed by atoms with Gasteiger partial charge in [-0.1, -0.05) is 24.9 Å². The van der Waals surface area contributed by atoms with Crippen LogP contribution in [0.4, 0.5) is 0 Å². The Morgan fingerprint density at radius 1 is 1.44 bits per heavy atom. The monoisotopic (exact) mass is 361 g/mol. The molecule has 25 heavy (non-hydrogen) atoms. The van der Waals surface area contributed by atoms with Gasteiger partial charge in [0, 0.05) is 48.2 Å². The number of likely N-dealkylation sites (tertiary alicyclic amines) is 1. The minimum Gasteiger partial charge on any atom is -0.361 e. The first-order valence-electron chi connectivity index (χ1n) is 8.89. The Morgan fingerprint density at radius 2 is 2.28 bits per heavy atom. The first kappa shape index (κ1) is 17.8. The molecule has 0 spiro atoms. The fourth-order valence-electron chi connectivity index (χ4n) is 3.31. The number of unbranched alkanes of at least 4 members (excludes halogenated alkanes) is 1. The van der Waals surface area contributed by atoms with Gasteiger partial charge in [0.25, 0.3) is 0 Å². The highest BCUT2D eigenvalue weighted by Crippen LogP contribution is 2.24. The molecule has 5 nitrogen and oxygen atoms in total. The predicted octanol–water partition coefficient (Wildman–Crippen LogP) is 3.13. The van der Waals surface area contributed by atoms with Gasteiger partial charge in [0.2, 0.25) is 11.8 Å². The number of aromatic nitrogens is 1. The lowest BCUT2D eigenvalue weighted by Crippen LogP contribution is -2.34. The molecular formula is C19H24ClN3O2. The predicted molar refractivity (Wildman–Crippen MR) is 99.6 cm³/mol. The molecule has 0 radical (unpaired) electrons. The van der Waals surface area contributed by atoms with E-state index in [1.54, 1.807) is 4.90 Å². The Balaban J connectivity index is 1.57. The largest absolute Gasteiger partial charge is 0.361 e. The smallest absolute Gasteiger partial charge is 0.225 e. The number of rotatable bonds is 7. The van der Waals surface area contributed by atoms with Crippen molar-refractivity contribution in [2.24, 2.45) is 5.92 Å². The number of nitrogens with one attached hydrogen (secondary N) is 2. The number of benzene rings is 1. The van der Waals surface area contributed by atoms with Gasteiger partial charge >= 0.3 is 0 Å². The van der Waals surface area contributed by atoms with Crippen molar-refractivity contribution in [3.8, 4) is 0 Å². The number of hydrogen-bond donors (Lipinski definition) is 2. The number of nitrogens with zero attached hydrogens (tertiary/aromatic N) is 1. The number of fused-ring (bicyclic) bond motifs is 1. The van der Waals surface area contributed by atoms with Crippen molar-refractivity contribution in [2.45, 2.75) is 32.6 Å². The van der Waals surface area contributed by atoms with Crippen LogP contribution in [0.3, 0.4) is 0 Å². The van der Waals surface area contributed by atoms with E-state index >= 15 is 0 Å². The number of hydrogen-bond acceptors (Lipinski definition) is 2. The summed E-state index contributed by atoms with van der Waals surface area (Å²) in [6.45, 7) is 3.91. The Labute approximate surface area is 152 Å². The number of halogens is 1. The summed E-state index contributed by atoms with van der Waals surface area (Å²) in [7, 11) is 0. The van der Waals surface area contributed by atoms with E-state index < -0.39 is 0 Å². The van der Waals surface area contributed by atoms with Gasteiger partial charge in [0.05, 0.1) is 5.92 Å². The van der Waals surface area contributed by atoms with Crippen molar-refractivity contribution in [1.82, 2.24) is 15.2 Å². The van der Waals surface area contributed by atoms with E-state index in [2.05, 4.69) is 17.2 Å². The van der Waals surface area contributed by atoms with Gasteiger partial charge in [-0.2, -0.15) is 0 Å². The molecule has 134 valence electrons. The quantitative estimate of drug-likeness (QED) is 0.744. The second-order valence-electron chi connectivity index (χ2n) is 6.64. The van der Waals surface area contributed by atoms with E-state index in [0.717, 1.165) is 35.7 Å². The second-order valence-corrected chi connectivity index (χ2v) is 7.08. The Morgan fingerprint density at radius 3 is 3.08 bits per heavy atom. The molecule has 2 amide bonds. The summed E-state index contributed by atoms with van der Waals surface area (Å²) < 4.78 is 0. The van der Waals surface area contributed by atoms with Crippen molar-refractivity contribution < 1.29 is 9.59 Å². The topological polar surface area (TPSA) is 65.2 Å². The number of carbonyl (C=O) groups excluding carboxylic acids is 2. The van der Waals surface area contributed by atoms with Crippen LogP contribution in [-0.4, -0.2) is 41.3 Å². The molecule has 1 aromatic heterocycles. The summed E-state index contributed by atoms with van der Waals surface area (Å²) in [6.07, 6.45) is 5.05. The van der Waals surface area contributed by atoms with Crippen LogP contribution in [-0.2, 0) is 16.0 Å². The van der Waals surface area contributed by atoms with Gasteiger partial charge in [0.15, 0.2) is 0 Å². The van der Waals surface area contributed by atoms with E-state index in [4.69, 9.17) is 11.6 Å². The van der Waals surface area contributed by atoms with Crippen LogP contribution in [0.5, 0.6) is 0 Å². The Bertz CT molecular complexity index is 771. The minimum atomic E-state index is -0.221. The van der Waals surface area contributed by atoms with E-state index in [-0.39, 0.29) is 17.7 Å². The standard InChI is InChI=1S/C19H24ClN3O2/c1-2-3-7-21-19(25)14-9-18(24)23(12-14)8-6-13-11-22-17-5-4-15(20)10-16(13)17/h4-5,10-11,14,22H,2-3,6-9,12H2,1H3,(H,21,25). The molecular weight excluding hydrogens is 338 g/mol. The lowest BCUT2D eigenvalue weighted by atomic mass is 10.1. The molecule has 1 aliphatic heterocycles. The minimum absolute atomic E-state index is 0.00294. The molecule has 0 bridgehead atoms. The van der Waals surface area contributed by atoms with Crippen LogP contribution >= 0.6 is 11.6 Å². The molecule has 1 fully saturated rings. The molecule has 2 N–H and O–H groups in total. The van der Waals surface area contributed by atoms with Crippen molar-refractivity contribution >= 4 is 34.3 Å². The number of H-pyrrole nitrogens is 1. The molecule has 1 unspecified atom stereocenters. The van der Waals surface area contributed by atoms with Crippen molar-refractivity contribution in [3.05, 3.63) is 35.0 Å². The van der Waals surface area contributed by atoms with Crippen molar-refractivity contribution in [1.29, 1.82) is 0 Å². The van der Waals surface area contributed by atoms with E-state index in [9.17, 15) is 9.59 Å². The van der Waals surface area contributed by atoms with Crippen LogP contribution in [0.15, 0.2) is 24.4 Å². The average molecular weight is 362 g/mol. The maximum Gasteiger partial charge on any atom is 0.225 e. The molecule has 1 aliphatic rings. The van der Waals surface area contributed by atoms with E-state index in [1.807, 2.05) is 24.4 Å². The van der Waals surface area contributed by atoms with Crippen molar-refractivity contribution in [2.75, 3.05) is 19.6 Å². The lowest BCUT2D eigenvalue weighted by molar-refractivity contribution is -0.129. The Hall–Kier alpha value is -2.01. The summed E-state index contributed by atoms with van der Waals surface area (Å²) in [5.74, 6) is -0.154. The highest BCUT2D eigenvalue weighted by molar-refractivity contribution is 6.31. The molecule has 2 heterocycles.